The van der Waals surface area contributed by atoms with Crippen LogP contribution < -0.4 is 5.32 Å². The second-order valence-corrected chi connectivity index (χ2v) is 7.81. The highest BCUT2D eigenvalue weighted by Gasteiger charge is 2.29. The largest absolute Gasteiger partial charge is 0.317 e. The summed E-state index contributed by atoms with van der Waals surface area (Å²) < 4.78 is 0. The Morgan fingerprint density at radius 1 is 1.19 bits per heavy atom. The molecule has 1 unspecified atom stereocenters. The molecule has 21 heavy (non-hydrogen) atoms. The minimum atomic E-state index is 0.623. The van der Waals surface area contributed by atoms with Crippen LogP contribution in [0.5, 0.6) is 0 Å². The highest BCUT2D eigenvalue weighted by molar-refractivity contribution is 7.99. The van der Waals surface area contributed by atoms with E-state index in [1.54, 1.807) is 5.56 Å². The summed E-state index contributed by atoms with van der Waals surface area (Å²) in [7, 11) is 0. The molecule has 2 nitrogen and oxygen atoms in total. The van der Waals surface area contributed by atoms with Gasteiger partial charge in [-0.25, -0.2) is 0 Å². The average Bonchev–Trinajstić information content (AvgIpc) is 2.53. The number of hydrogen-bond acceptors (Lipinski definition) is 3. The van der Waals surface area contributed by atoms with Gasteiger partial charge in [-0.15, -0.1) is 11.8 Å². The van der Waals surface area contributed by atoms with Crippen LogP contribution in [0.4, 0.5) is 0 Å². The smallest absolute Gasteiger partial charge is 0.0370 e. The molecule has 3 heteroatoms. The Bertz CT molecular complexity index is 454. The fourth-order valence-electron chi connectivity index (χ4n) is 3.73. The van der Waals surface area contributed by atoms with Crippen LogP contribution in [0.3, 0.4) is 0 Å². The van der Waals surface area contributed by atoms with Gasteiger partial charge in [0.05, 0.1) is 0 Å². The Balaban J connectivity index is 1.78. The van der Waals surface area contributed by atoms with Crippen LogP contribution in [0.15, 0.2) is 29.2 Å². The predicted octanol–water partition coefficient (Wildman–Crippen LogP) is 3.93. The molecular weight excluding hydrogens is 276 g/mol. The molecule has 0 spiro atoms. The Hall–Kier alpha value is -0.510. The van der Waals surface area contributed by atoms with Crippen LogP contribution in [0, 0.1) is 5.92 Å². The fourth-order valence-corrected chi connectivity index (χ4v) is 4.83. The third-order valence-corrected chi connectivity index (χ3v) is 6.04. The molecule has 0 aliphatic carbocycles. The summed E-state index contributed by atoms with van der Waals surface area (Å²) in [6.07, 6.45) is 3.98. The van der Waals surface area contributed by atoms with Crippen molar-refractivity contribution in [3.63, 3.8) is 0 Å². The van der Waals surface area contributed by atoms with E-state index in [0.717, 1.165) is 5.92 Å². The predicted molar refractivity (Wildman–Crippen MR) is 92.0 cm³/mol. The van der Waals surface area contributed by atoms with Crippen LogP contribution in [-0.2, 0) is 0 Å². The first-order valence-corrected chi connectivity index (χ1v) is 9.42. The zero-order valence-corrected chi connectivity index (χ0v) is 14.2. The Morgan fingerprint density at radius 2 is 1.95 bits per heavy atom. The monoisotopic (exact) mass is 304 g/mol. The van der Waals surface area contributed by atoms with Crippen LogP contribution in [0.1, 0.15) is 44.7 Å². The van der Waals surface area contributed by atoms with Crippen LogP contribution >= 0.6 is 11.8 Å². The summed E-state index contributed by atoms with van der Waals surface area (Å²) in [5.41, 5.74) is 1.57. The van der Waals surface area contributed by atoms with E-state index in [4.69, 9.17) is 0 Å². The minimum absolute atomic E-state index is 0.623. The molecule has 1 saturated heterocycles. The summed E-state index contributed by atoms with van der Waals surface area (Å²) >= 11 is 2.03. The fraction of sp³-hybridized carbons (Fsp3) is 0.667. The maximum Gasteiger partial charge on any atom is 0.0370 e. The number of fused-ring (bicyclic) bond motifs is 1. The lowest BCUT2D eigenvalue weighted by Crippen LogP contribution is -2.42. The number of thioether (sulfide) groups is 1. The standard InChI is InChI=1S/C18H28N2S/c1-14(2)20(13-15-7-10-19-11-8-15)17-9-12-21-18-6-4-3-5-16(17)18/h3-6,14-15,17,19H,7-13H2,1-2H3. The zero-order valence-electron chi connectivity index (χ0n) is 13.3. The van der Waals surface area contributed by atoms with Crippen LogP contribution in [-0.4, -0.2) is 36.3 Å². The molecule has 116 valence electrons. The molecule has 0 amide bonds. The van der Waals surface area contributed by atoms with Crippen molar-refractivity contribution in [2.24, 2.45) is 5.92 Å². The Morgan fingerprint density at radius 3 is 2.71 bits per heavy atom. The van der Waals surface area contributed by atoms with Gasteiger partial charge >= 0.3 is 0 Å². The van der Waals surface area contributed by atoms with Gasteiger partial charge in [-0.1, -0.05) is 18.2 Å². The van der Waals surface area contributed by atoms with Crippen molar-refractivity contribution in [3.8, 4) is 0 Å². The third kappa shape index (κ3) is 3.64. The summed E-state index contributed by atoms with van der Waals surface area (Å²) in [4.78, 5) is 4.28. The Labute approximate surface area is 133 Å². The van der Waals surface area contributed by atoms with Gasteiger partial charge in [0, 0.05) is 23.5 Å². The van der Waals surface area contributed by atoms with E-state index in [0.29, 0.717) is 12.1 Å². The minimum Gasteiger partial charge on any atom is -0.317 e. The van der Waals surface area contributed by atoms with E-state index >= 15 is 0 Å². The van der Waals surface area contributed by atoms with Gasteiger partial charge in [0.1, 0.15) is 0 Å². The average molecular weight is 305 g/mol. The molecule has 1 atom stereocenters. The molecule has 0 saturated carbocycles. The second kappa shape index (κ2) is 7.17. The lowest BCUT2D eigenvalue weighted by Gasteiger charge is -2.41. The number of nitrogens with zero attached hydrogens (tertiary/aromatic N) is 1. The molecule has 0 bridgehead atoms. The first-order valence-electron chi connectivity index (χ1n) is 8.44. The van der Waals surface area contributed by atoms with Crippen LogP contribution in [0.25, 0.3) is 0 Å². The third-order valence-electron chi connectivity index (χ3n) is 4.92. The van der Waals surface area contributed by atoms with Gasteiger partial charge in [-0.05, 0) is 69.5 Å². The molecule has 2 aliphatic rings. The van der Waals surface area contributed by atoms with E-state index in [2.05, 4.69) is 48.3 Å². The molecular formula is C18H28N2S. The van der Waals surface area contributed by atoms with Crippen LogP contribution in [0.2, 0.25) is 0 Å². The van der Waals surface area contributed by atoms with Crippen molar-refractivity contribution in [2.75, 3.05) is 25.4 Å². The molecule has 0 aromatic heterocycles. The van der Waals surface area contributed by atoms with Crippen molar-refractivity contribution >= 4 is 11.8 Å². The van der Waals surface area contributed by atoms with Gasteiger partial charge in [0.25, 0.3) is 0 Å². The van der Waals surface area contributed by atoms with Crippen molar-refractivity contribution < 1.29 is 0 Å². The van der Waals surface area contributed by atoms with E-state index in [9.17, 15) is 0 Å². The normalized spacial score (nSPS) is 23.5. The Kier molecular flexibility index (Phi) is 5.25. The van der Waals surface area contributed by atoms with Gasteiger partial charge in [0.15, 0.2) is 0 Å². The number of nitrogens with one attached hydrogen (secondary N) is 1. The molecule has 2 heterocycles. The van der Waals surface area contributed by atoms with E-state index in [-0.39, 0.29) is 0 Å². The molecule has 1 fully saturated rings. The van der Waals surface area contributed by atoms with Crippen molar-refractivity contribution in [3.05, 3.63) is 29.8 Å². The van der Waals surface area contributed by atoms with Gasteiger partial charge in [-0.2, -0.15) is 0 Å². The summed E-state index contributed by atoms with van der Waals surface area (Å²) in [6.45, 7) is 8.40. The molecule has 1 aromatic carbocycles. The number of rotatable bonds is 4. The van der Waals surface area contributed by atoms with Crippen molar-refractivity contribution in [1.82, 2.24) is 10.2 Å². The first kappa shape index (κ1) is 15.4. The molecule has 2 aliphatic heterocycles. The number of piperidine rings is 1. The molecule has 1 N–H and O–H groups in total. The van der Waals surface area contributed by atoms with Crippen molar-refractivity contribution in [1.29, 1.82) is 0 Å². The topological polar surface area (TPSA) is 15.3 Å². The van der Waals surface area contributed by atoms with Gasteiger partial charge in [-0.3, -0.25) is 4.90 Å². The SMILES string of the molecule is CC(C)N(CC1CCNCC1)C1CCSc2ccccc21. The molecule has 1 aromatic rings. The quantitative estimate of drug-likeness (QED) is 0.907. The zero-order chi connectivity index (χ0) is 14.7. The maximum atomic E-state index is 3.49. The highest BCUT2D eigenvalue weighted by Crippen LogP contribution is 2.40. The molecule has 0 radical (unpaired) electrons. The van der Waals surface area contributed by atoms with Gasteiger partial charge < -0.3 is 5.32 Å². The maximum absolute atomic E-state index is 3.49. The lowest BCUT2D eigenvalue weighted by atomic mass is 9.94. The first-order chi connectivity index (χ1) is 10.3. The molecule has 3 rings (SSSR count). The van der Waals surface area contributed by atoms with Crippen molar-refractivity contribution in [2.45, 2.75) is 50.1 Å². The van der Waals surface area contributed by atoms with Gasteiger partial charge in [0.2, 0.25) is 0 Å². The lowest BCUT2D eigenvalue weighted by molar-refractivity contribution is 0.111. The summed E-state index contributed by atoms with van der Waals surface area (Å²) in [5.74, 6) is 2.13. The number of hydrogen-bond donors (Lipinski definition) is 1. The van der Waals surface area contributed by atoms with E-state index < -0.39 is 0 Å². The van der Waals surface area contributed by atoms with E-state index in [1.165, 1.54) is 49.5 Å². The summed E-state index contributed by atoms with van der Waals surface area (Å²) in [5, 5.41) is 3.49. The summed E-state index contributed by atoms with van der Waals surface area (Å²) in [6, 6.07) is 10.3. The number of benzene rings is 1. The van der Waals surface area contributed by atoms with E-state index in [1.807, 2.05) is 11.8 Å². The highest BCUT2D eigenvalue weighted by atomic mass is 32.2. The second-order valence-electron chi connectivity index (χ2n) is 6.67.